The minimum Gasteiger partial charge on any atom is -0.377 e. The van der Waals surface area contributed by atoms with Crippen LogP contribution in [0.25, 0.3) is 0 Å². The SMILES string of the molecule is O=C(CN(Cc1cccs1)CC1CCCO1)Nc1cccc(I)c1. The van der Waals surface area contributed by atoms with Crippen molar-refractivity contribution < 1.29 is 9.53 Å². The van der Waals surface area contributed by atoms with Gasteiger partial charge < -0.3 is 10.1 Å². The quantitative estimate of drug-likeness (QED) is 0.642. The van der Waals surface area contributed by atoms with Gasteiger partial charge in [-0.15, -0.1) is 11.3 Å². The summed E-state index contributed by atoms with van der Waals surface area (Å²) in [7, 11) is 0. The summed E-state index contributed by atoms with van der Waals surface area (Å²) in [5, 5.41) is 5.07. The van der Waals surface area contributed by atoms with Gasteiger partial charge in [0.1, 0.15) is 0 Å². The summed E-state index contributed by atoms with van der Waals surface area (Å²) in [5.74, 6) is 0.0200. The first-order chi connectivity index (χ1) is 11.7. The van der Waals surface area contributed by atoms with Gasteiger partial charge in [-0.1, -0.05) is 12.1 Å². The number of carbonyl (C=O) groups excluding carboxylic acids is 1. The van der Waals surface area contributed by atoms with E-state index in [0.29, 0.717) is 6.54 Å². The molecular formula is C18H21IN2O2S. The monoisotopic (exact) mass is 456 g/mol. The van der Waals surface area contributed by atoms with Gasteiger partial charge in [0.05, 0.1) is 12.6 Å². The van der Waals surface area contributed by atoms with Crippen LogP contribution in [0, 0.1) is 3.57 Å². The van der Waals surface area contributed by atoms with E-state index < -0.39 is 0 Å². The summed E-state index contributed by atoms with van der Waals surface area (Å²) in [6, 6.07) is 12.0. The molecule has 0 radical (unpaired) electrons. The summed E-state index contributed by atoms with van der Waals surface area (Å²) in [6.07, 6.45) is 2.45. The zero-order chi connectivity index (χ0) is 16.8. The Hall–Kier alpha value is -0.960. The Labute approximate surface area is 160 Å². The number of hydrogen-bond donors (Lipinski definition) is 1. The molecule has 1 aliphatic heterocycles. The lowest BCUT2D eigenvalue weighted by molar-refractivity contribution is -0.117. The highest BCUT2D eigenvalue weighted by molar-refractivity contribution is 14.1. The van der Waals surface area contributed by atoms with Gasteiger partial charge in [-0.3, -0.25) is 9.69 Å². The van der Waals surface area contributed by atoms with E-state index >= 15 is 0 Å². The molecule has 2 heterocycles. The Bertz CT molecular complexity index is 657. The van der Waals surface area contributed by atoms with E-state index in [-0.39, 0.29) is 12.0 Å². The molecule has 6 heteroatoms. The maximum absolute atomic E-state index is 12.4. The fraction of sp³-hybridized carbons (Fsp3) is 0.389. The standard InChI is InChI=1S/C18H21IN2O2S/c19-14-4-1-5-15(10-14)20-18(22)13-21(11-16-6-2-8-23-16)12-17-7-3-9-24-17/h1,3-5,7,9-10,16H,2,6,8,11-13H2,(H,20,22). The molecule has 1 unspecified atom stereocenters. The lowest BCUT2D eigenvalue weighted by Gasteiger charge is -2.24. The molecule has 1 N–H and O–H groups in total. The third kappa shape index (κ3) is 5.54. The highest BCUT2D eigenvalue weighted by atomic mass is 127. The van der Waals surface area contributed by atoms with E-state index in [1.54, 1.807) is 11.3 Å². The smallest absolute Gasteiger partial charge is 0.238 e. The van der Waals surface area contributed by atoms with Crippen LogP contribution in [0.4, 0.5) is 5.69 Å². The van der Waals surface area contributed by atoms with Crippen LogP contribution in [-0.4, -0.2) is 36.6 Å². The number of carbonyl (C=O) groups is 1. The number of anilines is 1. The van der Waals surface area contributed by atoms with Crippen molar-refractivity contribution in [3.05, 3.63) is 50.2 Å². The Balaban J connectivity index is 1.60. The molecule has 1 atom stereocenters. The maximum Gasteiger partial charge on any atom is 0.238 e. The number of rotatable bonds is 7. The zero-order valence-electron chi connectivity index (χ0n) is 13.4. The van der Waals surface area contributed by atoms with Crippen molar-refractivity contribution in [2.45, 2.75) is 25.5 Å². The van der Waals surface area contributed by atoms with Gasteiger partial charge in [-0.2, -0.15) is 0 Å². The van der Waals surface area contributed by atoms with E-state index in [1.165, 1.54) is 4.88 Å². The van der Waals surface area contributed by atoms with Crippen molar-refractivity contribution in [1.82, 2.24) is 4.90 Å². The van der Waals surface area contributed by atoms with Crippen molar-refractivity contribution in [3.8, 4) is 0 Å². The van der Waals surface area contributed by atoms with Crippen LogP contribution in [-0.2, 0) is 16.1 Å². The second-order valence-corrected chi connectivity index (χ2v) is 8.22. The number of amides is 1. The number of nitrogens with zero attached hydrogens (tertiary/aromatic N) is 1. The molecule has 2 aromatic rings. The van der Waals surface area contributed by atoms with Gasteiger partial charge in [-0.25, -0.2) is 0 Å². The van der Waals surface area contributed by atoms with Crippen molar-refractivity contribution >= 4 is 45.5 Å². The average Bonchev–Trinajstić information content (AvgIpc) is 3.21. The lowest BCUT2D eigenvalue weighted by Crippen LogP contribution is -2.37. The first kappa shape index (κ1) is 17.8. The number of ether oxygens (including phenoxy) is 1. The molecule has 0 aliphatic carbocycles. The molecule has 1 amide bonds. The molecule has 0 saturated carbocycles. The van der Waals surface area contributed by atoms with Gasteiger partial charge in [0.25, 0.3) is 0 Å². The van der Waals surface area contributed by atoms with Crippen molar-refractivity contribution in [2.75, 3.05) is 25.0 Å². The van der Waals surface area contributed by atoms with Gasteiger partial charge >= 0.3 is 0 Å². The summed E-state index contributed by atoms with van der Waals surface area (Å²) < 4.78 is 6.86. The largest absolute Gasteiger partial charge is 0.377 e. The van der Waals surface area contributed by atoms with E-state index in [9.17, 15) is 4.79 Å². The molecule has 1 saturated heterocycles. The Kier molecular flexibility index (Phi) is 6.65. The van der Waals surface area contributed by atoms with Gasteiger partial charge in [0, 0.05) is 33.8 Å². The third-order valence-electron chi connectivity index (χ3n) is 3.92. The van der Waals surface area contributed by atoms with Crippen LogP contribution in [0.3, 0.4) is 0 Å². The van der Waals surface area contributed by atoms with Crippen molar-refractivity contribution in [1.29, 1.82) is 0 Å². The van der Waals surface area contributed by atoms with E-state index in [0.717, 1.165) is 41.8 Å². The zero-order valence-corrected chi connectivity index (χ0v) is 16.4. The molecule has 1 aliphatic rings. The number of nitrogens with one attached hydrogen (secondary N) is 1. The van der Waals surface area contributed by atoms with Crippen molar-refractivity contribution in [2.24, 2.45) is 0 Å². The summed E-state index contributed by atoms with van der Waals surface area (Å²) in [5.41, 5.74) is 0.847. The number of hydrogen-bond acceptors (Lipinski definition) is 4. The number of benzene rings is 1. The predicted molar refractivity (Wildman–Crippen MR) is 106 cm³/mol. The highest BCUT2D eigenvalue weighted by Crippen LogP contribution is 2.18. The van der Waals surface area contributed by atoms with Gasteiger partial charge in [0.2, 0.25) is 5.91 Å². The van der Waals surface area contributed by atoms with Crippen LogP contribution in [0.15, 0.2) is 41.8 Å². The maximum atomic E-state index is 12.4. The fourth-order valence-electron chi connectivity index (χ4n) is 2.85. The fourth-order valence-corrected chi connectivity index (χ4v) is 4.14. The predicted octanol–water partition coefficient (Wildman–Crippen LogP) is 3.97. The molecule has 128 valence electrons. The van der Waals surface area contributed by atoms with E-state index in [1.807, 2.05) is 24.3 Å². The Morgan fingerprint density at radius 2 is 2.29 bits per heavy atom. The molecule has 1 aromatic heterocycles. The van der Waals surface area contributed by atoms with Gasteiger partial charge in [0.15, 0.2) is 0 Å². The molecule has 3 rings (SSSR count). The second-order valence-electron chi connectivity index (χ2n) is 5.94. The molecule has 4 nitrogen and oxygen atoms in total. The molecule has 1 aromatic carbocycles. The summed E-state index contributed by atoms with van der Waals surface area (Å²) in [4.78, 5) is 15.9. The molecule has 0 spiro atoms. The van der Waals surface area contributed by atoms with Gasteiger partial charge in [-0.05, 0) is 65.1 Å². The van der Waals surface area contributed by atoms with Crippen LogP contribution >= 0.6 is 33.9 Å². The first-order valence-corrected chi connectivity index (χ1v) is 10.1. The van der Waals surface area contributed by atoms with Crippen molar-refractivity contribution in [3.63, 3.8) is 0 Å². The van der Waals surface area contributed by atoms with E-state index in [4.69, 9.17) is 4.74 Å². The van der Waals surface area contributed by atoms with Crippen LogP contribution in [0.2, 0.25) is 0 Å². The topological polar surface area (TPSA) is 41.6 Å². The van der Waals surface area contributed by atoms with Crippen LogP contribution in [0.1, 0.15) is 17.7 Å². The first-order valence-electron chi connectivity index (χ1n) is 8.11. The summed E-state index contributed by atoms with van der Waals surface area (Å²) in [6.45, 7) is 2.81. The molecule has 1 fully saturated rings. The van der Waals surface area contributed by atoms with Crippen LogP contribution in [0.5, 0.6) is 0 Å². The third-order valence-corrected chi connectivity index (χ3v) is 5.45. The number of halogens is 1. The number of thiophene rings is 1. The normalized spacial score (nSPS) is 17.3. The molecule has 0 bridgehead atoms. The second kappa shape index (κ2) is 8.94. The van der Waals surface area contributed by atoms with Crippen LogP contribution < -0.4 is 5.32 Å². The molecular weight excluding hydrogens is 435 g/mol. The summed E-state index contributed by atoms with van der Waals surface area (Å²) >= 11 is 3.98. The lowest BCUT2D eigenvalue weighted by atomic mass is 10.2. The minimum atomic E-state index is 0.0200. The average molecular weight is 456 g/mol. The van der Waals surface area contributed by atoms with E-state index in [2.05, 4.69) is 50.3 Å². The Morgan fingerprint density at radius 3 is 3.00 bits per heavy atom. The molecule has 24 heavy (non-hydrogen) atoms. The minimum absolute atomic E-state index is 0.0200. The highest BCUT2D eigenvalue weighted by Gasteiger charge is 2.21. The Morgan fingerprint density at radius 1 is 1.38 bits per heavy atom.